The van der Waals surface area contributed by atoms with Crippen molar-refractivity contribution in [3.05, 3.63) is 78.1 Å². The third-order valence-corrected chi connectivity index (χ3v) is 5.88. The number of hydrogen-bond acceptors (Lipinski definition) is 4. The highest BCUT2D eigenvalue weighted by Crippen LogP contribution is 2.17. The number of anilines is 1. The molecular formula is C21H24N4O3S. The van der Waals surface area contributed by atoms with E-state index in [9.17, 15) is 13.2 Å². The van der Waals surface area contributed by atoms with Crippen LogP contribution in [0.4, 0.5) is 5.69 Å². The van der Waals surface area contributed by atoms with E-state index < -0.39 is 10.0 Å². The Hall–Kier alpha value is -3.13. The number of carbonyl (C=O) groups excluding carboxylic acids is 1. The van der Waals surface area contributed by atoms with Gasteiger partial charge in [0.25, 0.3) is 15.9 Å². The second kappa shape index (κ2) is 8.91. The minimum absolute atomic E-state index is 0.0772. The second-order valence-electron chi connectivity index (χ2n) is 6.52. The number of nitrogens with zero attached hydrogens (tertiary/aromatic N) is 3. The monoisotopic (exact) mass is 412 g/mol. The van der Waals surface area contributed by atoms with Gasteiger partial charge in [-0.25, -0.2) is 8.42 Å². The third kappa shape index (κ3) is 5.03. The largest absolute Gasteiger partial charge is 0.339 e. The van der Waals surface area contributed by atoms with Crippen LogP contribution in [-0.2, 0) is 16.6 Å². The molecule has 0 aliphatic heterocycles. The van der Waals surface area contributed by atoms with Crippen molar-refractivity contribution in [1.82, 2.24) is 14.7 Å². The predicted octanol–water partition coefficient (Wildman–Crippen LogP) is 3.21. The molecule has 0 saturated heterocycles. The molecule has 0 spiro atoms. The topological polar surface area (TPSA) is 84.3 Å². The summed E-state index contributed by atoms with van der Waals surface area (Å²) in [7, 11) is -3.77. The van der Waals surface area contributed by atoms with E-state index >= 15 is 0 Å². The van der Waals surface area contributed by atoms with Crippen LogP contribution < -0.4 is 4.72 Å². The lowest BCUT2D eigenvalue weighted by Gasteiger charge is -2.18. The maximum absolute atomic E-state index is 12.6. The van der Waals surface area contributed by atoms with Gasteiger partial charge >= 0.3 is 0 Å². The van der Waals surface area contributed by atoms with Crippen molar-refractivity contribution in [2.45, 2.75) is 25.3 Å². The van der Waals surface area contributed by atoms with Crippen molar-refractivity contribution in [2.75, 3.05) is 17.8 Å². The molecule has 1 heterocycles. The van der Waals surface area contributed by atoms with Gasteiger partial charge in [0.15, 0.2) is 0 Å². The van der Waals surface area contributed by atoms with Gasteiger partial charge in [-0.05, 0) is 43.7 Å². The van der Waals surface area contributed by atoms with E-state index in [0.29, 0.717) is 30.9 Å². The first-order valence-electron chi connectivity index (χ1n) is 9.41. The third-order valence-electron chi connectivity index (χ3n) is 4.54. The van der Waals surface area contributed by atoms with Gasteiger partial charge in [0, 0.05) is 30.5 Å². The van der Waals surface area contributed by atoms with Crippen LogP contribution in [0.15, 0.2) is 71.9 Å². The summed E-state index contributed by atoms with van der Waals surface area (Å²) in [6.45, 7) is 5.57. The highest BCUT2D eigenvalue weighted by molar-refractivity contribution is 7.92. The Balaban J connectivity index is 1.70. The van der Waals surface area contributed by atoms with Crippen LogP contribution in [0.5, 0.6) is 0 Å². The smallest absolute Gasteiger partial charge is 0.265 e. The Bertz CT molecular complexity index is 1060. The van der Waals surface area contributed by atoms with E-state index in [2.05, 4.69) is 9.82 Å². The van der Waals surface area contributed by atoms with Crippen LogP contribution >= 0.6 is 0 Å². The van der Waals surface area contributed by atoms with Crippen LogP contribution in [0, 0.1) is 0 Å². The summed E-state index contributed by atoms with van der Waals surface area (Å²) in [5.74, 6) is -0.0772. The Kier molecular flexibility index (Phi) is 6.33. The molecule has 3 aromatic rings. The Labute approximate surface area is 171 Å². The fraction of sp³-hybridized carbons (Fsp3) is 0.238. The summed E-state index contributed by atoms with van der Waals surface area (Å²) in [6.07, 6.45) is 2.82. The number of aromatic nitrogens is 2. The number of sulfonamides is 1. The summed E-state index contributed by atoms with van der Waals surface area (Å²) >= 11 is 0. The molecule has 0 unspecified atom stereocenters. The standard InChI is InChI=1S/C21H24N4O3S/c1-3-24(4-2)21(26)18-10-12-19(13-11-18)23-29(27,28)20-14-22-25(16-20)15-17-8-6-5-7-9-17/h5-14,16,23H,3-4,15H2,1-2H3. The molecule has 0 bridgehead atoms. The first-order valence-corrected chi connectivity index (χ1v) is 10.9. The van der Waals surface area contributed by atoms with Crippen LogP contribution in [-0.4, -0.2) is 42.1 Å². The van der Waals surface area contributed by atoms with E-state index in [-0.39, 0.29) is 10.8 Å². The van der Waals surface area contributed by atoms with E-state index in [1.807, 2.05) is 44.2 Å². The SMILES string of the molecule is CCN(CC)C(=O)c1ccc(NS(=O)(=O)c2cnn(Cc3ccccc3)c2)cc1. The first kappa shape index (κ1) is 20.6. The molecule has 29 heavy (non-hydrogen) atoms. The summed E-state index contributed by atoms with van der Waals surface area (Å²) in [5.41, 5.74) is 1.94. The minimum atomic E-state index is -3.77. The van der Waals surface area contributed by atoms with E-state index in [1.54, 1.807) is 33.8 Å². The molecule has 0 saturated carbocycles. The normalized spacial score (nSPS) is 11.2. The number of nitrogens with one attached hydrogen (secondary N) is 1. The number of amides is 1. The van der Waals surface area contributed by atoms with Gasteiger partial charge in [-0.15, -0.1) is 0 Å². The van der Waals surface area contributed by atoms with Crippen LogP contribution in [0.1, 0.15) is 29.8 Å². The molecule has 2 aromatic carbocycles. The van der Waals surface area contributed by atoms with Gasteiger partial charge in [0.05, 0.1) is 12.7 Å². The van der Waals surface area contributed by atoms with Gasteiger partial charge in [-0.3, -0.25) is 14.2 Å². The molecule has 0 radical (unpaired) electrons. The number of carbonyl (C=O) groups is 1. The molecular weight excluding hydrogens is 388 g/mol. The van der Waals surface area contributed by atoms with Crippen molar-refractivity contribution in [1.29, 1.82) is 0 Å². The Morgan fingerprint density at radius 3 is 2.31 bits per heavy atom. The highest BCUT2D eigenvalue weighted by Gasteiger charge is 2.18. The van der Waals surface area contributed by atoms with Crippen LogP contribution in [0.3, 0.4) is 0 Å². The first-order chi connectivity index (χ1) is 13.9. The maximum Gasteiger partial charge on any atom is 0.265 e. The van der Waals surface area contributed by atoms with Gasteiger partial charge in [0.2, 0.25) is 0 Å². The van der Waals surface area contributed by atoms with Gasteiger partial charge in [-0.2, -0.15) is 5.10 Å². The molecule has 0 fully saturated rings. The van der Waals surface area contributed by atoms with E-state index in [0.717, 1.165) is 5.56 Å². The number of hydrogen-bond donors (Lipinski definition) is 1. The molecule has 0 atom stereocenters. The molecule has 8 heteroatoms. The molecule has 1 aromatic heterocycles. The van der Waals surface area contributed by atoms with Gasteiger partial charge in [-0.1, -0.05) is 30.3 Å². The molecule has 152 valence electrons. The predicted molar refractivity (Wildman–Crippen MR) is 112 cm³/mol. The second-order valence-corrected chi connectivity index (χ2v) is 8.20. The lowest BCUT2D eigenvalue weighted by atomic mass is 10.2. The zero-order chi connectivity index (χ0) is 20.9. The molecule has 0 aliphatic rings. The zero-order valence-electron chi connectivity index (χ0n) is 16.4. The highest BCUT2D eigenvalue weighted by atomic mass is 32.2. The summed E-state index contributed by atoms with van der Waals surface area (Å²) < 4.78 is 29.4. The Morgan fingerprint density at radius 2 is 1.69 bits per heavy atom. The van der Waals surface area contributed by atoms with Crippen molar-refractivity contribution in [3.8, 4) is 0 Å². The molecule has 7 nitrogen and oxygen atoms in total. The Morgan fingerprint density at radius 1 is 1.03 bits per heavy atom. The van der Waals surface area contributed by atoms with Crippen molar-refractivity contribution in [3.63, 3.8) is 0 Å². The van der Waals surface area contributed by atoms with Gasteiger partial charge in [0.1, 0.15) is 4.90 Å². The molecule has 0 aliphatic carbocycles. The summed E-state index contributed by atoms with van der Waals surface area (Å²) in [4.78, 5) is 14.1. The summed E-state index contributed by atoms with van der Waals surface area (Å²) in [5, 5.41) is 4.14. The van der Waals surface area contributed by atoms with Crippen molar-refractivity contribution >= 4 is 21.6 Å². The molecule has 1 N–H and O–H groups in total. The zero-order valence-corrected chi connectivity index (χ0v) is 17.3. The average molecular weight is 413 g/mol. The average Bonchev–Trinajstić information content (AvgIpc) is 3.19. The fourth-order valence-corrected chi connectivity index (χ4v) is 3.94. The molecule has 1 amide bonds. The van der Waals surface area contributed by atoms with E-state index in [4.69, 9.17) is 0 Å². The van der Waals surface area contributed by atoms with Crippen molar-refractivity contribution in [2.24, 2.45) is 0 Å². The van der Waals surface area contributed by atoms with Crippen molar-refractivity contribution < 1.29 is 13.2 Å². The fourth-order valence-electron chi connectivity index (χ4n) is 2.93. The van der Waals surface area contributed by atoms with Gasteiger partial charge < -0.3 is 4.90 Å². The lowest BCUT2D eigenvalue weighted by Crippen LogP contribution is -2.30. The summed E-state index contributed by atoms with van der Waals surface area (Å²) in [6, 6.07) is 16.1. The molecule has 3 rings (SSSR count). The number of rotatable bonds is 8. The van der Waals surface area contributed by atoms with Crippen LogP contribution in [0.25, 0.3) is 0 Å². The quantitative estimate of drug-likeness (QED) is 0.616. The lowest BCUT2D eigenvalue weighted by molar-refractivity contribution is 0.0773. The maximum atomic E-state index is 12.6. The number of benzene rings is 2. The minimum Gasteiger partial charge on any atom is -0.339 e. The van der Waals surface area contributed by atoms with E-state index in [1.165, 1.54) is 12.4 Å². The van der Waals surface area contributed by atoms with Crippen LogP contribution in [0.2, 0.25) is 0 Å².